The van der Waals surface area contributed by atoms with Gasteiger partial charge in [-0.25, -0.2) is 4.79 Å². The van der Waals surface area contributed by atoms with Crippen molar-refractivity contribution in [3.05, 3.63) is 0 Å². The lowest BCUT2D eigenvalue weighted by Crippen LogP contribution is -2.28. The lowest BCUT2D eigenvalue weighted by atomic mass is 10.1. The summed E-state index contributed by atoms with van der Waals surface area (Å²) in [4.78, 5) is 23.6. The molecule has 0 aromatic heterocycles. The predicted molar refractivity (Wildman–Crippen MR) is 149 cm³/mol. The van der Waals surface area contributed by atoms with Crippen molar-refractivity contribution in [2.45, 2.75) is 97.0 Å². The quantitative estimate of drug-likeness (QED) is 0.145. The number of carbonyl (C=O) groups is 2. The lowest BCUT2D eigenvalue weighted by molar-refractivity contribution is -0.159. The first kappa shape index (κ1) is 33.8. The van der Waals surface area contributed by atoms with Crippen molar-refractivity contribution in [2.75, 3.05) is 13.2 Å². The fraction of sp³-hybridized carbons (Fsp3) is 0.515. The molecule has 0 aromatic rings. The molecule has 0 amide bonds. The van der Waals surface area contributed by atoms with Gasteiger partial charge in [-0.05, 0) is 84.4 Å². The molecule has 198 valence electrons. The minimum absolute atomic E-state index is 0.275. The number of ether oxygens (including phenoxy) is 2. The molecule has 38 heavy (non-hydrogen) atoms. The first-order valence-electron chi connectivity index (χ1n) is 13.0. The molecule has 5 nitrogen and oxygen atoms in total. The van der Waals surface area contributed by atoms with Crippen LogP contribution in [0.3, 0.4) is 0 Å². The fourth-order valence-corrected chi connectivity index (χ4v) is 2.96. The van der Waals surface area contributed by atoms with E-state index in [1.54, 1.807) is 6.92 Å². The van der Waals surface area contributed by atoms with Gasteiger partial charge in [-0.15, -0.1) is 0 Å². The number of carbonyl (C=O) groups excluding carboxylic acids is 2. The van der Waals surface area contributed by atoms with E-state index in [0.29, 0.717) is 0 Å². The second kappa shape index (κ2) is 27.4. The van der Waals surface area contributed by atoms with Crippen molar-refractivity contribution >= 4 is 11.9 Å². The van der Waals surface area contributed by atoms with E-state index < -0.39 is 24.6 Å². The summed E-state index contributed by atoms with van der Waals surface area (Å²) in [5, 5.41) is 9.37. The third kappa shape index (κ3) is 24.9. The molecule has 5 heteroatoms. The molecule has 0 unspecified atom stereocenters. The van der Waals surface area contributed by atoms with Crippen LogP contribution in [0, 0.1) is 82.9 Å². The molecule has 0 saturated heterocycles. The zero-order chi connectivity index (χ0) is 27.9. The second-order valence-corrected chi connectivity index (χ2v) is 8.05. The molecule has 0 radical (unpaired) electrons. The number of hydrogen-bond donors (Lipinski definition) is 1. The molecular weight excluding hydrogens is 476 g/mol. The number of hydrogen-bond acceptors (Lipinski definition) is 5. The molecule has 0 bridgehead atoms. The summed E-state index contributed by atoms with van der Waals surface area (Å²) in [6.07, 6.45) is 12.5. The Morgan fingerprint density at radius 3 is 1.58 bits per heavy atom. The van der Waals surface area contributed by atoms with Crippen molar-refractivity contribution < 1.29 is 24.2 Å². The van der Waals surface area contributed by atoms with E-state index >= 15 is 0 Å². The van der Waals surface area contributed by atoms with Gasteiger partial charge in [-0.3, -0.25) is 4.79 Å². The van der Waals surface area contributed by atoms with Crippen LogP contribution in [0.15, 0.2) is 0 Å². The van der Waals surface area contributed by atoms with Crippen LogP contribution >= 0.6 is 0 Å². The van der Waals surface area contributed by atoms with Crippen LogP contribution in [0.2, 0.25) is 0 Å². The number of esters is 2. The van der Waals surface area contributed by atoms with E-state index in [1.807, 2.05) is 0 Å². The van der Waals surface area contributed by atoms with Crippen LogP contribution in [-0.2, 0) is 19.1 Å². The molecule has 0 spiro atoms. The predicted octanol–water partition coefficient (Wildman–Crippen LogP) is 4.18. The minimum atomic E-state index is -0.926. The zero-order valence-electron chi connectivity index (χ0n) is 22.6. The maximum absolute atomic E-state index is 12.0. The smallest absolute Gasteiger partial charge is 0.385 e. The topological polar surface area (TPSA) is 72.8 Å². The molecule has 0 aromatic carbocycles. The maximum Gasteiger partial charge on any atom is 0.385 e. The van der Waals surface area contributed by atoms with Crippen molar-refractivity contribution in [3.8, 4) is 82.9 Å². The van der Waals surface area contributed by atoms with Gasteiger partial charge >= 0.3 is 11.9 Å². The molecule has 0 aliphatic heterocycles. The van der Waals surface area contributed by atoms with Gasteiger partial charge in [0.25, 0.3) is 0 Å². The lowest BCUT2D eigenvalue weighted by Gasteiger charge is -2.14. The van der Waals surface area contributed by atoms with E-state index in [9.17, 15) is 14.7 Å². The van der Waals surface area contributed by atoms with Crippen LogP contribution < -0.4 is 0 Å². The van der Waals surface area contributed by atoms with E-state index in [4.69, 9.17) is 9.47 Å². The van der Waals surface area contributed by atoms with Gasteiger partial charge in [0, 0.05) is 12.3 Å². The SMILES string of the molecule is CC#CC#CC#CC#CC#CC#CC#CC(=O)OC[C@H](CO)OC(=O)CCCCCCCCCCCCC. The van der Waals surface area contributed by atoms with E-state index in [0.717, 1.165) is 19.3 Å². The standard InChI is InChI=1S/C33H36O5/c1-3-5-7-9-11-13-15-16-18-19-21-23-25-27-32(35)37-30-31(29-34)38-33(36)28-26-24-22-20-17-14-12-10-8-6-4-2/h31,34H,4,6,8,10,12,14,17,20,22,24,26,28-30H2,1-2H3/t31-/m0/s1. The monoisotopic (exact) mass is 512 g/mol. The van der Waals surface area contributed by atoms with Crippen LogP contribution in [0.1, 0.15) is 90.9 Å². The molecule has 0 heterocycles. The van der Waals surface area contributed by atoms with Gasteiger partial charge in [-0.2, -0.15) is 0 Å². The first-order valence-corrected chi connectivity index (χ1v) is 13.0. The van der Waals surface area contributed by atoms with Crippen LogP contribution in [-0.4, -0.2) is 36.4 Å². The highest BCUT2D eigenvalue weighted by molar-refractivity contribution is 5.89. The average molecular weight is 513 g/mol. The van der Waals surface area contributed by atoms with E-state index in [2.05, 4.69) is 89.8 Å². The van der Waals surface area contributed by atoms with Gasteiger partial charge in [0.15, 0.2) is 6.10 Å². The van der Waals surface area contributed by atoms with Crippen molar-refractivity contribution in [1.29, 1.82) is 0 Å². The molecule has 0 aliphatic rings. The van der Waals surface area contributed by atoms with Crippen LogP contribution in [0.5, 0.6) is 0 Å². The summed E-state index contributed by atoms with van der Waals surface area (Å²) in [5.74, 6) is 33.0. The van der Waals surface area contributed by atoms with E-state index in [1.165, 1.54) is 51.4 Å². The number of unbranched alkanes of at least 4 members (excludes halogenated alkanes) is 10. The highest BCUT2D eigenvalue weighted by Gasteiger charge is 2.15. The molecule has 0 fully saturated rings. The Kier molecular flexibility index (Phi) is 24.4. The second-order valence-electron chi connectivity index (χ2n) is 8.05. The Hall–Kier alpha value is -4.18. The van der Waals surface area contributed by atoms with Crippen molar-refractivity contribution in [3.63, 3.8) is 0 Å². The maximum atomic E-state index is 12.0. The molecule has 1 N–H and O–H groups in total. The summed E-state index contributed by atoms with van der Waals surface area (Å²) in [6, 6.07) is 0. The van der Waals surface area contributed by atoms with Crippen molar-refractivity contribution in [2.24, 2.45) is 0 Å². The largest absolute Gasteiger partial charge is 0.456 e. The van der Waals surface area contributed by atoms with Gasteiger partial charge < -0.3 is 14.6 Å². The number of aliphatic hydroxyl groups is 1. The third-order valence-corrected chi connectivity index (χ3v) is 4.86. The molecular formula is C33H36O5. The third-order valence-electron chi connectivity index (χ3n) is 4.86. The van der Waals surface area contributed by atoms with Gasteiger partial charge in [0.1, 0.15) is 6.61 Å². The van der Waals surface area contributed by atoms with Crippen LogP contribution in [0.25, 0.3) is 0 Å². The molecule has 0 rings (SSSR count). The number of rotatable bonds is 16. The summed E-state index contributed by atoms with van der Waals surface area (Å²) in [6.45, 7) is 3.17. The Labute approximate surface area is 229 Å². The average Bonchev–Trinajstić information content (AvgIpc) is 2.92. The molecule has 0 saturated carbocycles. The summed E-state index contributed by atoms with van der Waals surface area (Å²) in [7, 11) is 0. The highest BCUT2D eigenvalue weighted by atomic mass is 16.6. The summed E-state index contributed by atoms with van der Waals surface area (Å²) >= 11 is 0. The summed E-state index contributed by atoms with van der Waals surface area (Å²) < 4.78 is 10.1. The minimum Gasteiger partial charge on any atom is -0.456 e. The zero-order valence-corrected chi connectivity index (χ0v) is 22.6. The molecule has 0 aliphatic carbocycles. The Morgan fingerprint density at radius 1 is 0.658 bits per heavy atom. The highest BCUT2D eigenvalue weighted by Crippen LogP contribution is 2.12. The summed E-state index contributed by atoms with van der Waals surface area (Å²) in [5.41, 5.74) is 0. The Balaban J connectivity index is 4.07. The van der Waals surface area contributed by atoms with Crippen molar-refractivity contribution in [1.82, 2.24) is 0 Å². The molecule has 1 atom stereocenters. The Bertz CT molecular complexity index is 1150. The van der Waals surface area contributed by atoms with Gasteiger partial charge in [0.05, 0.1) is 6.61 Å². The van der Waals surface area contributed by atoms with Gasteiger partial charge in [-0.1, -0.05) is 77.1 Å². The number of aliphatic hydroxyl groups excluding tert-OH is 1. The first-order chi connectivity index (χ1) is 18.6. The fourth-order valence-electron chi connectivity index (χ4n) is 2.96. The Morgan fingerprint density at radius 2 is 1.11 bits per heavy atom. The van der Waals surface area contributed by atoms with E-state index in [-0.39, 0.29) is 13.0 Å². The van der Waals surface area contributed by atoms with Crippen LogP contribution in [0.4, 0.5) is 0 Å². The normalized spacial score (nSPS) is 9.03. The van der Waals surface area contributed by atoms with Gasteiger partial charge in [0.2, 0.25) is 0 Å².